The maximum Gasteiger partial charge on any atom is 0.159 e. The topological polar surface area (TPSA) is 23.8 Å². The highest BCUT2D eigenvalue weighted by Crippen LogP contribution is 2.37. The van der Waals surface area contributed by atoms with Gasteiger partial charge in [0.2, 0.25) is 0 Å². The van der Waals surface area contributed by atoms with E-state index < -0.39 is 11.6 Å². The van der Waals surface area contributed by atoms with Crippen LogP contribution in [-0.2, 0) is 0 Å². The zero-order chi connectivity index (χ0) is 13.1. The van der Waals surface area contributed by atoms with Gasteiger partial charge < -0.3 is 0 Å². The lowest BCUT2D eigenvalue weighted by molar-refractivity contribution is 0.507. The molecule has 4 heteroatoms. The molecule has 0 aromatic heterocycles. The third-order valence-electron chi connectivity index (χ3n) is 2.82. The van der Waals surface area contributed by atoms with Crippen LogP contribution in [0, 0.1) is 23.0 Å². The normalized spacial score (nSPS) is 16.6. The standard InChI is InChI=1S/C14H10BrF2N/c15-14(9-5-6-12(16)13(17)7-9)11-4-2-1-3-10(11)8-18/h3-7,14H,1-2H2. The average molecular weight is 310 g/mol. The van der Waals surface area contributed by atoms with E-state index in [2.05, 4.69) is 22.0 Å². The van der Waals surface area contributed by atoms with Crippen LogP contribution in [0.2, 0.25) is 0 Å². The van der Waals surface area contributed by atoms with Gasteiger partial charge in [0, 0.05) is 0 Å². The highest BCUT2D eigenvalue weighted by atomic mass is 79.9. The van der Waals surface area contributed by atoms with E-state index in [0.29, 0.717) is 11.1 Å². The summed E-state index contributed by atoms with van der Waals surface area (Å²) in [6, 6.07) is 5.89. The van der Waals surface area contributed by atoms with E-state index in [4.69, 9.17) is 5.26 Å². The lowest BCUT2D eigenvalue weighted by Crippen LogP contribution is -2.02. The number of alkyl halides is 1. The van der Waals surface area contributed by atoms with Crippen LogP contribution in [0.5, 0.6) is 0 Å². The van der Waals surface area contributed by atoms with E-state index in [1.54, 1.807) is 0 Å². The summed E-state index contributed by atoms with van der Waals surface area (Å²) in [4.78, 5) is -0.293. The van der Waals surface area contributed by atoms with Crippen LogP contribution >= 0.6 is 15.9 Å². The van der Waals surface area contributed by atoms with Crippen molar-refractivity contribution >= 4 is 15.9 Å². The molecule has 0 spiro atoms. The minimum Gasteiger partial charge on any atom is -0.204 e. The van der Waals surface area contributed by atoms with Crippen molar-refractivity contribution in [3.8, 4) is 6.07 Å². The lowest BCUT2D eigenvalue weighted by Gasteiger charge is -2.17. The molecule has 2 rings (SSSR count). The van der Waals surface area contributed by atoms with E-state index in [0.717, 1.165) is 30.5 Å². The average Bonchev–Trinajstić information content (AvgIpc) is 2.41. The number of rotatable bonds is 2. The molecule has 0 saturated carbocycles. The van der Waals surface area contributed by atoms with Crippen LogP contribution in [0.25, 0.3) is 0 Å². The Balaban J connectivity index is 2.34. The summed E-state index contributed by atoms with van der Waals surface area (Å²) in [5.74, 6) is -1.75. The van der Waals surface area contributed by atoms with Gasteiger partial charge in [0.05, 0.1) is 16.5 Å². The molecule has 1 nitrogen and oxygen atoms in total. The van der Waals surface area contributed by atoms with Crippen LogP contribution < -0.4 is 0 Å². The zero-order valence-electron chi connectivity index (χ0n) is 9.46. The molecule has 1 aromatic carbocycles. The molecule has 1 aliphatic rings. The largest absolute Gasteiger partial charge is 0.204 e. The second kappa shape index (κ2) is 5.45. The molecule has 0 amide bonds. The monoisotopic (exact) mass is 309 g/mol. The SMILES string of the molecule is N#CC1=CCCC=C1C(Br)c1ccc(F)c(F)c1. The summed E-state index contributed by atoms with van der Waals surface area (Å²) in [5, 5.41) is 9.04. The van der Waals surface area contributed by atoms with Crippen molar-refractivity contribution in [2.75, 3.05) is 0 Å². The fourth-order valence-corrected chi connectivity index (χ4v) is 2.61. The number of allylic oxidation sites excluding steroid dienone is 4. The van der Waals surface area contributed by atoms with Crippen LogP contribution in [0.1, 0.15) is 23.2 Å². The van der Waals surface area contributed by atoms with E-state index in [1.807, 2.05) is 12.2 Å². The molecular weight excluding hydrogens is 300 g/mol. The van der Waals surface area contributed by atoms with Crippen LogP contribution in [0.15, 0.2) is 41.5 Å². The van der Waals surface area contributed by atoms with E-state index in [1.165, 1.54) is 6.07 Å². The Morgan fingerprint density at radius 3 is 2.56 bits per heavy atom. The molecule has 1 unspecified atom stereocenters. The van der Waals surface area contributed by atoms with E-state index in [-0.39, 0.29) is 4.83 Å². The molecule has 0 aliphatic heterocycles. The molecule has 0 heterocycles. The molecule has 0 fully saturated rings. The fraction of sp³-hybridized carbons (Fsp3) is 0.214. The number of halogens is 3. The lowest BCUT2D eigenvalue weighted by atomic mass is 9.93. The van der Waals surface area contributed by atoms with Crippen LogP contribution in [0.4, 0.5) is 8.78 Å². The Bertz CT molecular complexity index is 570. The highest BCUT2D eigenvalue weighted by Gasteiger charge is 2.19. The first kappa shape index (κ1) is 13.0. The van der Waals surface area contributed by atoms with E-state index >= 15 is 0 Å². The van der Waals surface area contributed by atoms with Gasteiger partial charge in [0.25, 0.3) is 0 Å². The maximum atomic E-state index is 13.2. The van der Waals surface area contributed by atoms with E-state index in [9.17, 15) is 8.78 Å². The summed E-state index contributed by atoms with van der Waals surface area (Å²) < 4.78 is 26.1. The molecule has 0 radical (unpaired) electrons. The third-order valence-corrected chi connectivity index (χ3v) is 3.84. The predicted molar refractivity (Wildman–Crippen MR) is 69.0 cm³/mol. The summed E-state index contributed by atoms with van der Waals surface area (Å²) in [5.41, 5.74) is 2.01. The first-order valence-corrected chi connectivity index (χ1v) is 6.44. The molecule has 92 valence electrons. The predicted octanol–water partition coefficient (Wildman–Crippen LogP) is 4.57. The Hall–Kier alpha value is -1.47. The van der Waals surface area contributed by atoms with Gasteiger partial charge in [0.1, 0.15) is 0 Å². The Morgan fingerprint density at radius 1 is 1.17 bits per heavy atom. The van der Waals surface area contributed by atoms with Gasteiger partial charge in [-0.05, 0) is 36.1 Å². The first-order valence-electron chi connectivity index (χ1n) is 5.53. The Kier molecular flexibility index (Phi) is 3.93. The number of hydrogen-bond donors (Lipinski definition) is 0. The number of benzene rings is 1. The van der Waals surface area contributed by atoms with Gasteiger partial charge in [-0.15, -0.1) is 0 Å². The molecule has 0 bridgehead atoms. The first-order chi connectivity index (χ1) is 8.63. The second-order valence-corrected chi connectivity index (χ2v) is 4.92. The van der Waals surface area contributed by atoms with Crippen molar-refractivity contribution in [2.45, 2.75) is 17.7 Å². The van der Waals surface area contributed by atoms with Gasteiger partial charge in [-0.1, -0.05) is 34.1 Å². The highest BCUT2D eigenvalue weighted by molar-refractivity contribution is 9.09. The van der Waals surface area contributed by atoms with Gasteiger partial charge in [0.15, 0.2) is 11.6 Å². The molecule has 1 aromatic rings. The summed E-state index contributed by atoms with van der Waals surface area (Å²) in [6.07, 6.45) is 5.51. The van der Waals surface area contributed by atoms with Gasteiger partial charge in [-0.25, -0.2) is 8.78 Å². The minimum atomic E-state index is -0.879. The van der Waals surface area contributed by atoms with Crippen molar-refractivity contribution in [3.05, 3.63) is 58.7 Å². The van der Waals surface area contributed by atoms with Crippen LogP contribution in [-0.4, -0.2) is 0 Å². The van der Waals surface area contributed by atoms with Crippen LogP contribution in [0.3, 0.4) is 0 Å². The summed E-state index contributed by atoms with van der Waals surface area (Å²) in [6.45, 7) is 0. The van der Waals surface area contributed by atoms with Crippen molar-refractivity contribution in [3.63, 3.8) is 0 Å². The van der Waals surface area contributed by atoms with Crippen molar-refractivity contribution in [1.29, 1.82) is 5.26 Å². The Morgan fingerprint density at radius 2 is 1.89 bits per heavy atom. The maximum absolute atomic E-state index is 13.2. The smallest absolute Gasteiger partial charge is 0.159 e. The number of nitrogens with zero attached hydrogens (tertiary/aromatic N) is 1. The third kappa shape index (κ3) is 2.51. The molecule has 0 N–H and O–H groups in total. The van der Waals surface area contributed by atoms with Gasteiger partial charge in [-0.3, -0.25) is 0 Å². The van der Waals surface area contributed by atoms with Crippen molar-refractivity contribution < 1.29 is 8.78 Å². The molecule has 1 aliphatic carbocycles. The summed E-state index contributed by atoms with van der Waals surface area (Å²) >= 11 is 3.44. The fourth-order valence-electron chi connectivity index (χ4n) is 1.89. The minimum absolute atomic E-state index is 0.293. The molecular formula is C14H10BrF2N. The molecule has 1 atom stereocenters. The van der Waals surface area contributed by atoms with Crippen molar-refractivity contribution in [1.82, 2.24) is 0 Å². The van der Waals surface area contributed by atoms with Crippen molar-refractivity contribution in [2.24, 2.45) is 0 Å². The zero-order valence-corrected chi connectivity index (χ0v) is 11.0. The van der Waals surface area contributed by atoms with Gasteiger partial charge in [-0.2, -0.15) is 5.26 Å². The Labute approximate surface area is 113 Å². The molecule has 0 saturated heterocycles. The second-order valence-electron chi connectivity index (χ2n) is 4.00. The van der Waals surface area contributed by atoms with Gasteiger partial charge >= 0.3 is 0 Å². The quantitative estimate of drug-likeness (QED) is 0.734. The molecule has 18 heavy (non-hydrogen) atoms. The number of nitriles is 1. The summed E-state index contributed by atoms with van der Waals surface area (Å²) in [7, 11) is 0. The number of hydrogen-bond acceptors (Lipinski definition) is 1.